The molecule has 3 aromatic rings. The summed E-state index contributed by atoms with van der Waals surface area (Å²) in [4.78, 5) is 17.1. The number of aliphatic hydroxyl groups excluding tert-OH is 1. The number of aromatic carboxylic acids is 1. The zero-order valence-corrected chi connectivity index (χ0v) is 17.8. The van der Waals surface area contributed by atoms with Crippen LogP contribution in [0, 0.1) is 11.8 Å². The zero-order valence-electron chi connectivity index (χ0n) is 17.8. The van der Waals surface area contributed by atoms with Crippen LogP contribution < -0.4 is 0 Å². The molecule has 1 unspecified atom stereocenters. The van der Waals surface area contributed by atoms with E-state index < -0.39 is 12.1 Å². The van der Waals surface area contributed by atoms with Crippen LogP contribution in [0.3, 0.4) is 0 Å². The van der Waals surface area contributed by atoms with Crippen LogP contribution >= 0.6 is 0 Å². The Balaban J connectivity index is 0.000000207. The van der Waals surface area contributed by atoms with Gasteiger partial charge in [-0.25, -0.2) is 4.79 Å². The predicted octanol–water partition coefficient (Wildman–Crippen LogP) is 4.26. The van der Waals surface area contributed by atoms with Crippen molar-refractivity contribution in [3.8, 4) is 5.75 Å². The summed E-state index contributed by atoms with van der Waals surface area (Å²) >= 11 is 0. The number of pyridine rings is 1. The van der Waals surface area contributed by atoms with Crippen LogP contribution in [-0.4, -0.2) is 50.3 Å². The van der Waals surface area contributed by atoms with Crippen molar-refractivity contribution in [1.82, 2.24) is 9.88 Å². The van der Waals surface area contributed by atoms with Gasteiger partial charge in [0.05, 0.1) is 11.6 Å². The van der Waals surface area contributed by atoms with Crippen LogP contribution in [0.4, 0.5) is 0 Å². The number of aromatic nitrogens is 1. The molecule has 6 nitrogen and oxygen atoms in total. The van der Waals surface area contributed by atoms with Gasteiger partial charge in [0.1, 0.15) is 11.3 Å². The molecule has 6 rings (SSSR count). The number of hydrogen-bond acceptors (Lipinski definition) is 5. The summed E-state index contributed by atoms with van der Waals surface area (Å²) in [6.45, 7) is 6.11. The van der Waals surface area contributed by atoms with E-state index in [0.717, 1.165) is 36.0 Å². The Morgan fingerprint density at radius 2 is 1.91 bits per heavy atom. The average Bonchev–Trinajstić information content (AvgIpc) is 2.84. The first-order valence-electron chi connectivity index (χ1n) is 10.9. The first-order chi connectivity index (χ1) is 15.5. The summed E-state index contributed by atoms with van der Waals surface area (Å²) in [5, 5.41) is 29.4. The van der Waals surface area contributed by atoms with E-state index in [2.05, 4.69) is 28.6 Å². The Morgan fingerprint density at radius 1 is 1.16 bits per heavy atom. The van der Waals surface area contributed by atoms with Gasteiger partial charge in [-0.2, -0.15) is 0 Å². The van der Waals surface area contributed by atoms with Gasteiger partial charge in [0, 0.05) is 24.2 Å². The molecule has 2 aromatic carbocycles. The number of rotatable bonds is 4. The molecular formula is C26H28N2O4. The highest BCUT2D eigenvalue weighted by Gasteiger charge is 2.42. The maximum Gasteiger partial charge on any atom is 0.339 e. The molecule has 0 amide bonds. The van der Waals surface area contributed by atoms with Crippen molar-refractivity contribution in [2.75, 3.05) is 13.1 Å². The molecule has 4 heterocycles. The number of piperidine rings is 3. The number of nitrogens with zero attached hydrogens (tertiary/aromatic N) is 2. The second-order valence-corrected chi connectivity index (χ2v) is 8.43. The van der Waals surface area contributed by atoms with Crippen LogP contribution in [0.1, 0.15) is 34.9 Å². The van der Waals surface area contributed by atoms with E-state index in [-0.39, 0.29) is 17.4 Å². The Bertz CT molecular complexity index is 1110. The number of hydrogen-bond donors (Lipinski definition) is 3. The van der Waals surface area contributed by atoms with Crippen LogP contribution in [0.2, 0.25) is 0 Å². The second kappa shape index (κ2) is 9.51. The lowest BCUT2D eigenvalue weighted by molar-refractivity contribution is -0.0444. The molecule has 5 atom stereocenters. The Morgan fingerprint density at radius 3 is 2.56 bits per heavy atom. The molecule has 6 heteroatoms. The lowest BCUT2D eigenvalue weighted by Gasteiger charge is -2.50. The number of carboxylic acids is 1. The summed E-state index contributed by atoms with van der Waals surface area (Å²) < 4.78 is 0. The second-order valence-electron chi connectivity index (χ2n) is 8.43. The molecule has 3 N–H and O–H groups in total. The van der Waals surface area contributed by atoms with Crippen molar-refractivity contribution in [3.63, 3.8) is 0 Å². The quantitative estimate of drug-likeness (QED) is 0.534. The van der Waals surface area contributed by atoms with E-state index in [0.29, 0.717) is 11.8 Å². The highest BCUT2D eigenvalue weighted by Crippen LogP contribution is 2.41. The third kappa shape index (κ3) is 4.38. The van der Waals surface area contributed by atoms with Gasteiger partial charge in [0.2, 0.25) is 0 Å². The minimum atomic E-state index is -1.11. The van der Waals surface area contributed by atoms with Gasteiger partial charge in [-0.05, 0) is 61.1 Å². The molecule has 0 radical (unpaired) electrons. The smallest absolute Gasteiger partial charge is 0.339 e. The fraction of sp³-hybridized carbons (Fsp3) is 0.308. The summed E-state index contributed by atoms with van der Waals surface area (Å²) in [6, 6.07) is 16.1. The molecule has 166 valence electrons. The van der Waals surface area contributed by atoms with Crippen LogP contribution in [0.5, 0.6) is 5.75 Å². The van der Waals surface area contributed by atoms with Crippen LogP contribution in [0.15, 0.2) is 73.4 Å². The fourth-order valence-corrected chi connectivity index (χ4v) is 4.94. The van der Waals surface area contributed by atoms with Gasteiger partial charge in [-0.15, -0.1) is 6.58 Å². The van der Waals surface area contributed by atoms with Crippen molar-refractivity contribution in [2.45, 2.75) is 25.0 Å². The molecule has 0 saturated carbocycles. The minimum absolute atomic E-state index is 0.0671. The number of para-hydroxylation sites is 2. The largest absolute Gasteiger partial charge is 0.507 e. The highest BCUT2D eigenvalue weighted by molar-refractivity contribution is 5.90. The predicted molar refractivity (Wildman–Crippen MR) is 124 cm³/mol. The number of benzene rings is 2. The summed E-state index contributed by atoms with van der Waals surface area (Å²) in [5.74, 6) is -0.0465. The van der Waals surface area contributed by atoms with Gasteiger partial charge in [0.25, 0.3) is 0 Å². The number of aromatic hydroxyl groups is 1. The van der Waals surface area contributed by atoms with Gasteiger partial charge in [-0.3, -0.25) is 9.88 Å². The van der Waals surface area contributed by atoms with Crippen molar-refractivity contribution in [3.05, 3.63) is 84.6 Å². The SMILES string of the molecule is C=C[C@H]1CN2CC[C@H]1C[C@H]2[C@H](O)c1ccnc2ccccc12.O=C(O)c1ccccc1O. The number of fused-ring (bicyclic) bond motifs is 4. The third-order valence-electron chi connectivity index (χ3n) is 6.65. The topological polar surface area (TPSA) is 93.9 Å². The van der Waals surface area contributed by atoms with Gasteiger partial charge in [-0.1, -0.05) is 36.4 Å². The Hall–Kier alpha value is -3.22. The van der Waals surface area contributed by atoms with Crippen molar-refractivity contribution >= 4 is 16.9 Å². The van der Waals surface area contributed by atoms with Gasteiger partial charge in [0.15, 0.2) is 0 Å². The molecule has 1 aromatic heterocycles. The van der Waals surface area contributed by atoms with E-state index in [1.165, 1.54) is 18.6 Å². The van der Waals surface area contributed by atoms with Crippen molar-refractivity contribution < 1.29 is 20.1 Å². The highest BCUT2D eigenvalue weighted by atomic mass is 16.4. The Kier molecular flexibility index (Phi) is 6.53. The number of carboxylic acid groups (broad SMARTS) is 1. The monoisotopic (exact) mass is 432 g/mol. The molecule has 3 aliphatic rings. The van der Waals surface area contributed by atoms with E-state index in [1.54, 1.807) is 12.1 Å². The lowest BCUT2D eigenvalue weighted by Crippen LogP contribution is -2.54. The van der Waals surface area contributed by atoms with E-state index in [9.17, 15) is 9.90 Å². The van der Waals surface area contributed by atoms with Gasteiger partial charge >= 0.3 is 5.97 Å². The maximum atomic E-state index is 11.0. The van der Waals surface area contributed by atoms with E-state index in [1.807, 2.05) is 30.5 Å². The van der Waals surface area contributed by atoms with Crippen LogP contribution in [0.25, 0.3) is 10.9 Å². The first-order valence-corrected chi connectivity index (χ1v) is 10.9. The van der Waals surface area contributed by atoms with Gasteiger partial charge < -0.3 is 15.3 Å². The lowest BCUT2D eigenvalue weighted by atomic mass is 9.73. The minimum Gasteiger partial charge on any atom is -0.507 e. The number of aliphatic hydroxyl groups is 1. The number of carbonyl (C=O) groups is 1. The first kappa shape index (κ1) is 22.0. The third-order valence-corrected chi connectivity index (χ3v) is 6.65. The zero-order chi connectivity index (χ0) is 22.7. The summed E-state index contributed by atoms with van der Waals surface area (Å²) in [5.41, 5.74) is 1.90. The summed E-state index contributed by atoms with van der Waals surface area (Å²) in [7, 11) is 0. The average molecular weight is 433 g/mol. The molecule has 0 spiro atoms. The normalized spacial score (nSPS) is 24.9. The molecule has 32 heavy (non-hydrogen) atoms. The molecule has 3 saturated heterocycles. The molecule has 0 aliphatic carbocycles. The van der Waals surface area contributed by atoms with Crippen molar-refractivity contribution in [1.29, 1.82) is 0 Å². The molecular weight excluding hydrogens is 404 g/mol. The van der Waals surface area contributed by atoms with E-state index in [4.69, 9.17) is 10.2 Å². The summed E-state index contributed by atoms with van der Waals surface area (Å²) in [6.07, 6.45) is 5.76. The fourth-order valence-electron chi connectivity index (χ4n) is 4.94. The van der Waals surface area contributed by atoms with E-state index >= 15 is 0 Å². The Labute approximate surface area is 187 Å². The molecule has 3 aliphatic heterocycles. The molecule has 3 fully saturated rings. The molecule has 2 bridgehead atoms. The van der Waals surface area contributed by atoms with Crippen molar-refractivity contribution in [2.24, 2.45) is 11.8 Å². The number of phenols is 1. The van der Waals surface area contributed by atoms with Crippen LogP contribution in [-0.2, 0) is 0 Å². The standard InChI is InChI=1S/C19H22N2O.C7H6O3/c1-2-13-12-21-10-8-14(13)11-18(21)19(22)16-7-9-20-17-6-4-3-5-15(16)17;8-6-4-2-1-3-5(6)7(9)10/h2-7,9,13-14,18-19,22H,1,8,10-12H2;1-4,8H,(H,9,10)/t13-,14-,18-,19+;/m0./s1. The maximum absolute atomic E-state index is 11.0.